The van der Waals surface area contributed by atoms with Crippen molar-refractivity contribution in [3.8, 4) is 0 Å². The van der Waals surface area contributed by atoms with Gasteiger partial charge < -0.3 is 10.4 Å². The molecule has 2 N–H and O–H groups in total. The Morgan fingerprint density at radius 2 is 2.00 bits per heavy atom. The van der Waals surface area contributed by atoms with Crippen molar-refractivity contribution in [3.63, 3.8) is 0 Å². The molecule has 1 saturated heterocycles. The van der Waals surface area contributed by atoms with Gasteiger partial charge in [0.1, 0.15) is 0 Å². The minimum absolute atomic E-state index is 0.389. The van der Waals surface area contributed by atoms with Gasteiger partial charge in [-0.1, -0.05) is 24.3 Å². The van der Waals surface area contributed by atoms with Gasteiger partial charge in [0.25, 0.3) is 0 Å². The molecule has 4 nitrogen and oxygen atoms in total. The zero-order chi connectivity index (χ0) is 14.8. The number of carbonyl (C=O) groups is 1. The highest BCUT2D eigenvalue weighted by atomic mass is 16.4. The van der Waals surface area contributed by atoms with Crippen molar-refractivity contribution in [2.45, 2.75) is 45.2 Å². The molecule has 4 heteroatoms. The molecule has 2 rings (SSSR count). The Morgan fingerprint density at radius 1 is 1.35 bits per heavy atom. The van der Waals surface area contributed by atoms with Crippen LogP contribution in [0.5, 0.6) is 0 Å². The molecule has 1 atom stereocenters. The molecule has 1 aliphatic rings. The Hall–Kier alpha value is -1.55. The van der Waals surface area contributed by atoms with Crippen molar-refractivity contribution >= 4 is 6.09 Å². The molecule has 110 valence electrons. The highest BCUT2D eigenvalue weighted by Gasteiger charge is 2.26. The zero-order valence-electron chi connectivity index (χ0n) is 12.5. The quantitative estimate of drug-likeness (QED) is 0.892. The molecular weight excluding hydrogens is 252 g/mol. The van der Waals surface area contributed by atoms with E-state index in [2.05, 4.69) is 29.6 Å². The highest BCUT2D eigenvalue weighted by Crippen LogP contribution is 2.23. The standard InChI is InChI=1S/C16H24N2O2/c1-16(2,3)18(15(19)20)11-12-4-6-13(7-5-12)14-8-9-17-10-14/h4-7,14,17H,8-11H2,1-3H3,(H,19,20). The van der Waals surface area contributed by atoms with E-state index in [1.807, 2.05) is 20.8 Å². The topological polar surface area (TPSA) is 52.6 Å². The van der Waals surface area contributed by atoms with Gasteiger partial charge in [0.2, 0.25) is 0 Å². The summed E-state index contributed by atoms with van der Waals surface area (Å²) < 4.78 is 0. The van der Waals surface area contributed by atoms with Crippen LogP contribution < -0.4 is 5.32 Å². The zero-order valence-corrected chi connectivity index (χ0v) is 12.5. The average molecular weight is 276 g/mol. The van der Waals surface area contributed by atoms with Crippen LogP contribution in [-0.4, -0.2) is 34.7 Å². The Bertz CT molecular complexity index is 456. The summed E-state index contributed by atoms with van der Waals surface area (Å²) in [5.41, 5.74) is 1.99. The molecule has 0 aromatic heterocycles. The average Bonchev–Trinajstić information content (AvgIpc) is 2.88. The normalized spacial score (nSPS) is 19.1. The van der Waals surface area contributed by atoms with E-state index < -0.39 is 6.09 Å². The summed E-state index contributed by atoms with van der Waals surface area (Å²) in [6.45, 7) is 8.31. The largest absolute Gasteiger partial charge is 0.465 e. The SMILES string of the molecule is CC(C)(C)N(Cc1ccc(C2CCNC2)cc1)C(=O)O. The van der Waals surface area contributed by atoms with Crippen LogP contribution in [0.3, 0.4) is 0 Å². The number of rotatable bonds is 3. The minimum atomic E-state index is -0.874. The molecule has 0 bridgehead atoms. The van der Waals surface area contributed by atoms with Crippen molar-refractivity contribution in [3.05, 3.63) is 35.4 Å². The lowest BCUT2D eigenvalue weighted by Gasteiger charge is -2.33. The first-order chi connectivity index (χ1) is 9.38. The van der Waals surface area contributed by atoms with Crippen molar-refractivity contribution in [1.82, 2.24) is 10.2 Å². The van der Waals surface area contributed by atoms with Crippen LogP contribution in [-0.2, 0) is 6.54 Å². The lowest BCUT2D eigenvalue weighted by atomic mass is 9.97. The van der Waals surface area contributed by atoms with E-state index in [0.717, 1.165) is 18.7 Å². The Balaban J connectivity index is 2.07. The third-order valence-corrected chi connectivity index (χ3v) is 3.89. The van der Waals surface area contributed by atoms with Gasteiger partial charge in [0.05, 0.1) is 0 Å². The van der Waals surface area contributed by atoms with Gasteiger partial charge >= 0.3 is 6.09 Å². The number of benzene rings is 1. The second-order valence-electron chi connectivity index (χ2n) is 6.47. The molecule has 0 saturated carbocycles. The number of hydrogen-bond donors (Lipinski definition) is 2. The van der Waals surface area contributed by atoms with Crippen molar-refractivity contribution < 1.29 is 9.90 Å². The predicted octanol–water partition coefficient (Wildman–Crippen LogP) is 3.04. The molecule has 0 radical (unpaired) electrons. The van der Waals surface area contributed by atoms with Crippen LogP contribution in [0.1, 0.15) is 44.2 Å². The molecule has 1 heterocycles. The molecule has 1 aromatic carbocycles. The van der Waals surface area contributed by atoms with Crippen molar-refractivity contribution in [2.75, 3.05) is 13.1 Å². The molecule has 1 aromatic rings. The first kappa shape index (κ1) is 14.9. The maximum atomic E-state index is 11.3. The van der Waals surface area contributed by atoms with Crippen LogP contribution in [0.4, 0.5) is 4.79 Å². The fraction of sp³-hybridized carbons (Fsp3) is 0.562. The lowest BCUT2D eigenvalue weighted by Crippen LogP contribution is -2.44. The van der Waals surface area contributed by atoms with Crippen LogP contribution in [0.2, 0.25) is 0 Å². The van der Waals surface area contributed by atoms with Gasteiger partial charge in [-0.15, -0.1) is 0 Å². The molecule has 20 heavy (non-hydrogen) atoms. The Labute approximate surface area is 120 Å². The van der Waals surface area contributed by atoms with E-state index in [4.69, 9.17) is 0 Å². The van der Waals surface area contributed by atoms with E-state index in [-0.39, 0.29) is 5.54 Å². The minimum Gasteiger partial charge on any atom is -0.465 e. The van der Waals surface area contributed by atoms with Crippen molar-refractivity contribution in [1.29, 1.82) is 0 Å². The second-order valence-corrected chi connectivity index (χ2v) is 6.47. The third kappa shape index (κ3) is 3.51. The smallest absolute Gasteiger partial charge is 0.408 e. The maximum Gasteiger partial charge on any atom is 0.408 e. The van der Waals surface area contributed by atoms with E-state index in [9.17, 15) is 9.90 Å². The van der Waals surface area contributed by atoms with E-state index in [1.54, 1.807) is 0 Å². The predicted molar refractivity (Wildman–Crippen MR) is 80.0 cm³/mol. The fourth-order valence-corrected chi connectivity index (χ4v) is 2.61. The summed E-state index contributed by atoms with van der Waals surface area (Å²) in [6, 6.07) is 8.37. The summed E-state index contributed by atoms with van der Waals surface area (Å²) in [4.78, 5) is 12.8. The number of nitrogens with one attached hydrogen (secondary N) is 1. The van der Waals surface area contributed by atoms with Crippen molar-refractivity contribution in [2.24, 2.45) is 0 Å². The number of nitrogens with zero attached hydrogens (tertiary/aromatic N) is 1. The number of carboxylic acid groups (broad SMARTS) is 1. The molecule has 1 aliphatic heterocycles. The molecule has 0 spiro atoms. The summed E-state index contributed by atoms with van der Waals surface area (Å²) in [5, 5.41) is 12.7. The van der Waals surface area contributed by atoms with Crippen LogP contribution >= 0.6 is 0 Å². The second kappa shape index (κ2) is 5.83. The summed E-state index contributed by atoms with van der Waals surface area (Å²) in [6.07, 6.45) is 0.310. The van der Waals surface area contributed by atoms with Gasteiger partial charge in [0.15, 0.2) is 0 Å². The van der Waals surface area contributed by atoms with Gasteiger partial charge in [-0.3, -0.25) is 4.90 Å². The first-order valence-corrected chi connectivity index (χ1v) is 7.18. The molecular formula is C16H24N2O2. The van der Waals surface area contributed by atoms with E-state index in [0.29, 0.717) is 12.5 Å². The van der Waals surface area contributed by atoms with Crippen LogP contribution in [0, 0.1) is 0 Å². The lowest BCUT2D eigenvalue weighted by molar-refractivity contribution is 0.0955. The monoisotopic (exact) mass is 276 g/mol. The molecule has 1 amide bonds. The maximum absolute atomic E-state index is 11.3. The van der Waals surface area contributed by atoms with Gasteiger partial charge in [0, 0.05) is 18.6 Å². The van der Waals surface area contributed by atoms with Gasteiger partial charge in [-0.05, 0) is 50.8 Å². The Kier molecular flexibility index (Phi) is 4.33. The third-order valence-electron chi connectivity index (χ3n) is 3.89. The van der Waals surface area contributed by atoms with Gasteiger partial charge in [-0.25, -0.2) is 4.79 Å². The Morgan fingerprint density at radius 3 is 2.45 bits per heavy atom. The van der Waals surface area contributed by atoms with E-state index >= 15 is 0 Å². The summed E-state index contributed by atoms with van der Waals surface area (Å²) in [7, 11) is 0. The molecule has 1 fully saturated rings. The first-order valence-electron chi connectivity index (χ1n) is 7.18. The van der Waals surface area contributed by atoms with E-state index in [1.165, 1.54) is 16.9 Å². The number of amides is 1. The summed E-state index contributed by atoms with van der Waals surface area (Å²) in [5.74, 6) is 0.599. The molecule has 1 unspecified atom stereocenters. The van der Waals surface area contributed by atoms with Crippen LogP contribution in [0.25, 0.3) is 0 Å². The molecule has 0 aliphatic carbocycles. The summed E-state index contributed by atoms with van der Waals surface area (Å²) >= 11 is 0. The fourth-order valence-electron chi connectivity index (χ4n) is 2.61. The number of hydrogen-bond acceptors (Lipinski definition) is 2. The highest BCUT2D eigenvalue weighted by molar-refractivity contribution is 5.66. The van der Waals surface area contributed by atoms with Gasteiger partial charge in [-0.2, -0.15) is 0 Å². The van der Waals surface area contributed by atoms with Crippen LogP contribution in [0.15, 0.2) is 24.3 Å².